The summed E-state index contributed by atoms with van der Waals surface area (Å²) >= 11 is 0. The molecule has 1 heterocycles. The van der Waals surface area contributed by atoms with Crippen molar-refractivity contribution in [3.63, 3.8) is 0 Å². The van der Waals surface area contributed by atoms with Crippen LogP contribution in [0.3, 0.4) is 0 Å². The summed E-state index contributed by atoms with van der Waals surface area (Å²) in [4.78, 5) is 7.82. The van der Waals surface area contributed by atoms with Gasteiger partial charge in [-0.3, -0.25) is 0 Å². The molecule has 1 aromatic rings. The number of aryl methyl sites for hydroxylation is 1. The van der Waals surface area contributed by atoms with Gasteiger partial charge in [-0.15, -0.1) is 0 Å². The Morgan fingerprint density at radius 1 is 1.64 bits per heavy atom. The maximum Gasteiger partial charge on any atom is 0.156 e. The lowest BCUT2D eigenvalue weighted by atomic mass is 10.3. The Hall–Kier alpha value is -1.58. The van der Waals surface area contributed by atoms with Crippen molar-refractivity contribution in [3.8, 4) is 0 Å². The SMILES string of the molecule is C=CNc1ncnc(C)c1N. The van der Waals surface area contributed by atoms with Crippen molar-refractivity contribution in [2.24, 2.45) is 0 Å². The zero-order valence-corrected chi connectivity index (χ0v) is 6.33. The molecule has 58 valence electrons. The summed E-state index contributed by atoms with van der Waals surface area (Å²) in [6.45, 7) is 5.32. The van der Waals surface area contributed by atoms with E-state index < -0.39 is 0 Å². The molecule has 3 N–H and O–H groups in total. The molecule has 0 bridgehead atoms. The van der Waals surface area contributed by atoms with Crippen molar-refractivity contribution in [2.45, 2.75) is 6.92 Å². The summed E-state index contributed by atoms with van der Waals surface area (Å²) in [6, 6.07) is 0. The molecule has 0 saturated carbocycles. The first kappa shape index (κ1) is 7.53. The molecule has 0 atom stereocenters. The van der Waals surface area contributed by atoms with Crippen molar-refractivity contribution >= 4 is 11.5 Å². The van der Waals surface area contributed by atoms with E-state index in [4.69, 9.17) is 5.73 Å². The third-order valence-electron chi connectivity index (χ3n) is 1.32. The highest BCUT2D eigenvalue weighted by atomic mass is 15.0. The maximum atomic E-state index is 5.63. The second-order valence-corrected chi connectivity index (χ2v) is 2.07. The second kappa shape index (κ2) is 3.01. The maximum absolute atomic E-state index is 5.63. The number of aromatic nitrogens is 2. The second-order valence-electron chi connectivity index (χ2n) is 2.07. The molecule has 0 aliphatic rings. The number of hydrogen-bond donors (Lipinski definition) is 2. The first-order valence-corrected chi connectivity index (χ1v) is 3.20. The molecule has 0 spiro atoms. The van der Waals surface area contributed by atoms with E-state index in [1.807, 2.05) is 6.92 Å². The van der Waals surface area contributed by atoms with Gasteiger partial charge < -0.3 is 11.1 Å². The molecular formula is C7H10N4. The first-order valence-electron chi connectivity index (χ1n) is 3.20. The summed E-state index contributed by atoms with van der Waals surface area (Å²) < 4.78 is 0. The monoisotopic (exact) mass is 150 g/mol. The zero-order chi connectivity index (χ0) is 8.27. The Balaban J connectivity index is 3.05. The summed E-state index contributed by atoms with van der Waals surface area (Å²) in [5.41, 5.74) is 6.96. The normalized spacial score (nSPS) is 9.18. The molecule has 0 radical (unpaired) electrons. The highest BCUT2D eigenvalue weighted by Crippen LogP contribution is 2.15. The summed E-state index contributed by atoms with van der Waals surface area (Å²) in [7, 11) is 0. The van der Waals surface area contributed by atoms with Gasteiger partial charge in [0.15, 0.2) is 5.82 Å². The van der Waals surface area contributed by atoms with Gasteiger partial charge in [-0.25, -0.2) is 9.97 Å². The Morgan fingerprint density at radius 2 is 2.36 bits per heavy atom. The molecular weight excluding hydrogens is 140 g/mol. The molecule has 1 rings (SSSR count). The van der Waals surface area contributed by atoms with Gasteiger partial charge in [0.1, 0.15) is 6.33 Å². The van der Waals surface area contributed by atoms with E-state index in [0.29, 0.717) is 11.5 Å². The van der Waals surface area contributed by atoms with E-state index in [0.717, 1.165) is 5.69 Å². The summed E-state index contributed by atoms with van der Waals surface area (Å²) in [5, 5.41) is 2.80. The summed E-state index contributed by atoms with van der Waals surface area (Å²) in [6.07, 6.45) is 2.98. The van der Waals surface area contributed by atoms with Gasteiger partial charge in [0.2, 0.25) is 0 Å². The predicted octanol–water partition coefficient (Wildman–Crippen LogP) is 0.923. The molecule has 0 aromatic carbocycles. The topological polar surface area (TPSA) is 63.8 Å². The van der Waals surface area contributed by atoms with Crippen LogP contribution in [0, 0.1) is 6.92 Å². The van der Waals surface area contributed by atoms with E-state index >= 15 is 0 Å². The van der Waals surface area contributed by atoms with E-state index in [-0.39, 0.29) is 0 Å². The van der Waals surface area contributed by atoms with Gasteiger partial charge in [-0.05, 0) is 13.1 Å². The van der Waals surface area contributed by atoms with Crippen LogP contribution >= 0.6 is 0 Å². The number of rotatable bonds is 2. The Kier molecular flexibility index (Phi) is 2.06. The third kappa shape index (κ3) is 1.46. The quantitative estimate of drug-likeness (QED) is 0.658. The molecule has 0 fully saturated rings. The number of nitrogens with two attached hydrogens (primary N) is 1. The molecule has 4 heteroatoms. The van der Waals surface area contributed by atoms with E-state index in [1.54, 1.807) is 0 Å². The van der Waals surface area contributed by atoms with Crippen molar-refractivity contribution in [1.82, 2.24) is 9.97 Å². The van der Waals surface area contributed by atoms with Crippen LogP contribution in [0.1, 0.15) is 5.69 Å². The van der Waals surface area contributed by atoms with E-state index in [2.05, 4.69) is 21.9 Å². The molecule has 0 amide bonds. The predicted molar refractivity (Wildman–Crippen MR) is 45.0 cm³/mol. The van der Waals surface area contributed by atoms with Crippen LogP contribution in [0.15, 0.2) is 19.1 Å². The highest BCUT2D eigenvalue weighted by molar-refractivity contribution is 5.63. The summed E-state index contributed by atoms with van der Waals surface area (Å²) in [5.74, 6) is 0.604. The van der Waals surface area contributed by atoms with Gasteiger partial charge in [0.25, 0.3) is 0 Å². The van der Waals surface area contributed by atoms with Crippen molar-refractivity contribution in [1.29, 1.82) is 0 Å². The van der Waals surface area contributed by atoms with Crippen LogP contribution in [0.2, 0.25) is 0 Å². The minimum absolute atomic E-state index is 0.562. The van der Waals surface area contributed by atoms with Crippen LogP contribution in [-0.4, -0.2) is 9.97 Å². The van der Waals surface area contributed by atoms with Gasteiger partial charge in [0, 0.05) is 0 Å². The molecule has 0 unspecified atom stereocenters. The van der Waals surface area contributed by atoms with Crippen molar-refractivity contribution in [2.75, 3.05) is 11.1 Å². The van der Waals surface area contributed by atoms with Gasteiger partial charge in [-0.2, -0.15) is 0 Å². The lowest BCUT2D eigenvalue weighted by molar-refractivity contribution is 1.11. The average Bonchev–Trinajstić information content (AvgIpc) is 1.99. The van der Waals surface area contributed by atoms with Gasteiger partial charge in [0.05, 0.1) is 11.4 Å². The van der Waals surface area contributed by atoms with Crippen molar-refractivity contribution < 1.29 is 0 Å². The first-order chi connectivity index (χ1) is 5.25. The van der Waals surface area contributed by atoms with Crippen molar-refractivity contribution in [3.05, 3.63) is 24.8 Å². The fraction of sp³-hybridized carbons (Fsp3) is 0.143. The Morgan fingerprint density at radius 3 is 3.00 bits per heavy atom. The minimum atomic E-state index is 0.562. The number of hydrogen-bond acceptors (Lipinski definition) is 4. The number of anilines is 2. The van der Waals surface area contributed by atoms with E-state index in [1.165, 1.54) is 12.5 Å². The smallest absolute Gasteiger partial charge is 0.156 e. The lowest BCUT2D eigenvalue weighted by Crippen LogP contribution is -2.01. The number of nitrogens with zero attached hydrogens (tertiary/aromatic N) is 2. The van der Waals surface area contributed by atoms with Gasteiger partial charge >= 0.3 is 0 Å². The minimum Gasteiger partial charge on any atom is -0.394 e. The van der Waals surface area contributed by atoms with E-state index in [9.17, 15) is 0 Å². The Labute approximate surface area is 65.2 Å². The fourth-order valence-corrected chi connectivity index (χ4v) is 0.695. The lowest BCUT2D eigenvalue weighted by Gasteiger charge is -2.03. The average molecular weight is 150 g/mol. The standard InChI is InChI=1S/C7H10N4/c1-3-9-7-6(8)5(2)10-4-11-7/h3-4H,1,8H2,2H3,(H,9,10,11). The molecule has 0 aliphatic carbocycles. The van der Waals surface area contributed by atoms with Crippen LogP contribution < -0.4 is 11.1 Å². The largest absolute Gasteiger partial charge is 0.394 e. The number of nitrogen functional groups attached to an aromatic ring is 1. The van der Waals surface area contributed by atoms with Crippen LogP contribution in [0.5, 0.6) is 0 Å². The third-order valence-corrected chi connectivity index (χ3v) is 1.32. The fourth-order valence-electron chi connectivity index (χ4n) is 0.695. The molecule has 1 aromatic heterocycles. The molecule has 11 heavy (non-hydrogen) atoms. The van der Waals surface area contributed by atoms with Crippen LogP contribution in [0.4, 0.5) is 11.5 Å². The Bertz CT molecular complexity index is 269. The van der Waals surface area contributed by atoms with Crippen LogP contribution in [0.25, 0.3) is 0 Å². The highest BCUT2D eigenvalue weighted by Gasteiger charge is 2.00. The molecule has 4 nitrogen and oxygen atoms in total. The van der Waals surface area contributed by atoms with Crippen LogP contribution in [-0.2, 0) is 0 Å². The number of nitrogens with one attached hydrogen (secondary N) is 1. The zero-order valence-electron chi connectivity index (χ0n) is 6.33. The molecule has 0 aliphatic heterocycles. The van der Waals surface area contributed by atoms with Gasteiger partial charge in [-0.1, -0.05) is 6.58 Å². The molecule has 0 saturated heterocycles.